The first-order chi connectivity index (χ1) is 16.3. The number of pyridine rings is 1. The first-order valence-corrected chi connectivity index (χ1v) is 11.3. The highest BCUT2D eigenvalue weighted by atomic mass is 19.3. The van der Waals surface area contributed by atoms with Crippen molar-refractivity contribution in [2.24, 2.45) is 11.7 Å². The number of anilines is 1. The summed E-state index contributed by atoms with van der Waals surface area (Å²) < 4.78 is 30.8. The van der Waals surface area contributed by atoms with Gasteiger partial charge in [-0.25, -0.2) is 4.98 Å². The number of nitrogens with two attached hydrogens (primary N) is 1. The van der Waals surface area contributed by atoms with E-state index >= 15 is 0 Å². The largest absolute Gasteiger partial charge is 0.507 e. The molecule has 1 heterocycles. The van der Waals surface area contributed by atoms with Crippen LogP contribution in [-0.4, -0.2) is 28.7 Å². The van der Waals surface area contributed by atoms with Crippen LogP contribution in [0.3, 0.4) is 0 Å². The average Bonchev–Trinajstić information content (AvgIpc) is 2.80. The van der Waals surface area contributed by atoms with Gasteiger partial charge in [-0.3, -0.25) is 4.79 Å². The molecule has 178 valence electrons. The number of hydrogen-bond donors (Lipinski definition) is 3. The quantitative estimate of drug-likeness (QED) is 0.407. The van der Waals surface area contributed by atoms with E-state index in [9.17, 15) is 18.7 Å². The molecule has 1 amide bonds. The fourth-order valence-electron chi connectivity index (χ4n) is 4.32. The number of alkyl halides is 2. The maximum Gasteiger partial charge on any atom is 0.387 e. The fourth-order valence-corrected chi connectivity index (χ4v) is 4.32. The number of para-hydroxylation sites is 1. The highest BCUT2D eigenvalue weighted by Crippen LogP contribution is 2.36. The third-order valence-electron chi connectivity index (χ3n) is 6.17. The minimum Gasteiger partial charge on any atom is -0.507 e. The number of benzene rings is 2. The molecule has 1 aliphatic carbocycles. The molecule has 1 fully saturated rings. The molecule has 8 heteroatoms. The molecule has 4 N–H and O–H groups in total. The molecular formula is C26H27F2N3O3. The van der Waals surface area contributed by atoms with Gasteiger partial charge in [0.25, 0.3) is 5.91 Å². The van der Waals surface area contributed by atoms with Gasteiger partial charge in [-0.15, -0.1) is 0 Å². The molecule has 4 rings (SSSR count). The van der Waals surface area contributed by atoms with E-state index in [0.717, 1.165) is 25.7 Å². The van der Waals surface area contributed by atoms with E-state index < -0.39 is 12.5 Å². The molecule has 0 bridgehead atoms. The summed E-state index contributed by atoms with van der Waals surface area (Å²) in [6.45, 7) is -0.714. The Morgan fingerprint density at radius 3 is 2.53 bits per heavy atom. The van der Waals surface area contributed by atoms with E-state index in [4.69, 9.17) is 15.5 Å². The number of primary amides is 1. The summed E-state index contributed by atoms with van der Waals surface area (Å²) in [6.07, 6.45) is 4.27. The molecule has 0 unspecified atom stereocenters. The number of phenols is 1. The SMILES string of the molecule is CC1CCC(Nc2cc(-c3ccccc3OC(F)F)cc(-c3ccc(O)c(C(N)=O)c3)n2)CC1. The standard InChI is InChI=1S/C26H27F2N3O3/c1-15-6-9-18(10-7-15)30-24-14-17(19-4-2-3-5-23(19)34-26(27)28)13-21(31-24)16-8-11-22(32)20(12-16)25(29)33/h2-5,8,11-15,18,26,32H,6-7,9-10H2,1H3,(H2,29,33)(H,30,31). The number of carbonyl (C=O) groups excluding carboxylic acids is 1. The molecule has 6 nitrogen and oxygen atoms in total. The van der Waals surface area contributed by atoms with Gasteiger partial charge in [-0.1, -0.05) is 25.1 Å². The lowest BCUT2D eigenvalue weighted by Crippen LogP contribution is -2.25. The van der Waals surface area contributed by atoms with Crippen LogP contribution in [0.5, 0.6) is 11.5 Å². The minimum absolute atomic E-state index is 0.0260. The van der Waals surface area contributed by atoms with Gasteiger partial charge in [0.2, 0.25) is 0 Å². The van der Waals surface area contributed by atoms with Gasteiger partial charge in [-0.05, 0) is 73.6 Å². The van der Waals surface area contributed by atoms with Gasteiger partial charge in [0.05, 0.1) is 11.3 Å². The second kappa shape index (κ2) is 10.1. The molecule has 1 aliphatic rings. The molecule has 34 heavy (non-hydrogen) atoms. The van der Waals surface area contributed by atoms with Crippen LogP contribution in [0.4, 0.5) is 14.6 Å². The van der Waals surface area contributed by atoms with Crippen LogP contribution in [0, 0.1) is 5.92 Å². The zero-order valence-electron chi connectivity index (χ0n) is 18.8. The van der Waals surface area contributed by atoms with Crippen molar-refractivity contribution >= 4 is 11.7 Å². The molecule has 0 saturated heterocycles. The van der Waals surface area contributed by atoms with Gasteiger partial charge in [0.1, 0.15) is 17.3 Å². The lowest BCUT2D eigenvalue weighted by molar-refractivity contribution is -0.0494. The number of carbonyl (C=O) groups is 1. The Hall–Kier alpha value is -3.68. The maximum atomic E-state index is 13.0. The van der Waals surface area contributed by atoms with Crippen molar-refractivity contribution in [3.63, 3.8) is 0 Å². The Kier molecular flexibility index (Phi) is 6.95. The Labute approximate surface area is 196 Å². The van der Waals surface area contributed by atoms with Crippen LogP contribution in [0.1, 0.15) is 43.0 Å². The number of ether oxygens (including phenoxy) is 1. The van der Waals surface area contributed by atoms with Crippen molar-refractivity contribution in [1.82, 2.24) is 4.98 Å². The number of nitrogens with zero attached hydrogens (tertiary/aromatic N) is 1. The van der Waals surface area contributed by atoms with Crippen LogP contribution in [0.2, 0.25) is 0 Å². The molecule has 0 radical (unpaired) electrons. The summed E-state index contributed by atoms with van der Waals surface area (Å²) in [5.74, 6) is 0.345. The van der Waals surface area contributed by atoms with E-state index in [2.05, 4.69) is 12.2 Å². The average molecular weight is 468 g/mol. The van der Waals surface area contributed by atoms with E-state index in [1.54, 1.807) is 30.3 Å². The summed E-state index contributed by atoms with van der Waals surface area (Å²) >= 11 is 0. The van der Waals surface area contributed by atoms with Crippen molar-refractivity contribution in [1.29, 1.82) is 0 Å². The summed E-state index contributed by atoms with van der Waals surface area (Å²) in [4.78, 5) is 16.5. The van der Waals surface area contributed by atoms with Gasteiger partial charge in [0.15, 0.2) is 0 Å². The lowest BCUT2D eigenvalue weighted by atomic mass is 9.87. The first-order valence-electron chi connectivity index (χ1n) is 11.3. The third kappa shape index (κ3) is 5.44. The van der Waals surface area contributed by atoms with E-state index in [1.165, 1.54) is 18.2 Å². The number of hydrogen-bond acceptors (Lipinski definition) is 5. The van der Waals surface area contributed by atoms with E-state index in [1.807, 2.05) is 6.07 Å². The molecule has 1 aromatic heterocycles. The number of halogens is 2. The highest BCUT2D eigenvalue weighted by molar-refractivity contribution is 5.97. The topological polar surface area (TPSA) is 97.5 Å². The second-order valence-corrected chi connectivity index (χ2v) is 8.70. The van der Waals surface area contributed by atoms with Gasteiger partial charge < -0.3 is 20.9 Å². The van der Waals surface area contributed by atoms with Crippen molar-refractivity contribution in [3.8, 4) is 33.9 Å². The third-order valence-corrected chi connectivity index (χ3v) is 6.17. The van der Waals surface area contributed by atoms with Crippen molar-refractivity contribution in [2.75, 3.05) is 5.32 Å². The summed E-state index contributed by atoms with van der Waals surface area (Å²) in [7, 11) is 0. The summed E-state index contributed by atoms with van der Waals surface area (Å²) in [6, 6.07) is 14.8. The molecule has 2 aromatic carbocycles. The zero-order chi connectivity index (χ0) is 24.2. The van der Waals surface area contributed by atoms with Crippen molar-refractivity contribution in [2.45, 2.75) is 45.3 Å². The predicted molar refractivity (Wildman–Crippen MR) is 127 cm³/mol. The Bertz CT molecular complexity index is 1180. The molecule has 0 aliphatic heterocycles. The van der Waals surface area contributed by atoms with Crippen LogP contribution in [0.25, 0.3) is 22.4 Å². The summed E-state index contributed by atoms with van der Waals surface area (Å²) in [5, 5.41) is 13.5. The number of nitrogens with one attached hydrogen (secondary N) is 1. The maximum absolute atomic E-state index is 13.0. The molecule has 0 atom stereocenters. The van der Waals surface area contributed by atoms with E-state index in [0.29, 0.717) is 34.1 Å². The Morgan fingerprint density at radius 1 is 1.09 bits per heavy atom. The Morgan fingerprint density at radius 2 is 1.82 bits per heavy atom. The van der Waals surface area contributed by atoms with Crippen LogP contribution in [-0.2, 0) is 0 Å². The number of rotatable bonds is 7. The smallest absolute Gasteiger partial charge is 0.387 e. The van der Waals surface area contributed by atoms with Gasteiger partial charge in [0, 0.05) is 17.2 Å². The number of aromatic hydroxyl groups is 1. The fraction of sp³-hybridized carbons (Fsp3) is 0.308. The van der Waals surface area contributed by atoms with Gasteiger partial charge >= 0.3 is 6.61 Å². The first kappa shape index (κ1) is 23.5. The van der Waals surface area contributed by atoms with Crippen molar-refractivity contribution in [3.05, 3.63) is 60.2 Å². The van der Waals surface area contributed by atoms with Gasteiger partial charge in [-0.2, -0.15) is 8.78 Å². The number of aromatic nitrogens is 1. The van der Waals surface area contributed by atoms with Crippen LogP contribution in [0.15, 0.2) is 54.6 Å². The molecule has 3 aromatic rings. The van der Waals surface area contributed by atoms with Crippen LogP contribution >= 0.6 is 0 Å². The normalized spacial score (nSPS) is 18.0. The monoisotopic (exact) mass is 467 g/mol. The zero-order valence-corrected chi connectivity index (χ0v) is 18.8. The lowest BCUT2D eigenvalue weighted by Gasteiger charge is -2.27. The predicted octanol–water partition coefficient (Wildman–Crippen LogP) is 5.81. The molecule has 1 saturated carbocycles. The van der Waals surface area contributed by atoms with E-state index in [-0.39, 0.29) is 23.1 Å². The van der Waals surface area contributed by atoms with Crippen LogP contribution < -0.4 is 15.8 Å². The molecule has 0 spiro atoms. The molecular weight excluding hydrogens is 440 g/mol. The Balaban J connectivity index is 1.79. The highest BCUT2D eigenvalue weighted by Gasteiger charge is 2.20. The second-order valence-electron chi connectivity index (χ2n) is 8.70. The number of amides is 1. The summed E-state index contributed by atoms with van der Waals surface area (Å²) in [5.41, 5.74) is 7.54. The minimum atomic E-state index is -2.96. The van der Waals surface area contributed by atoms with Crippen molar-refractivity contribution < 1.29 is 23.4 Å².